The predicted octanol–water partition coefficient (Wildman–Crippen LogP) is 2.92. The molecule has 1 N–H and O–H groups in total. The standard InChI is InChI=1S/C17H18N4/c1-2-20-17(14-10-18-12-19-11-14)9-15-8-7-13-5-3-4-6-16(13)21-15/h3-8,10-12,17,20H,2,9H2,1H3. The Kier molecular flexibility index (Phi) is 4.17. The van der Waals surface area contributed by atoms with E-state index in [2.05, 4.69) is 40.4 Å². The molecule has 4 heteroatoms. The van der Waals surface area contributed by atoms with Crippen molar-refractivity contribution in [3.05, 3.63) is 66.4 Å². The Labute approximate surface area is 124 Å². The van der Waals surface area contributed by atoms with Gasteiger partial charge in [0.05, 0.1) is 5.52 Å². The lowest BCUT2D eigenvalue weighted by Gasteiger charge is -2.17. The summed E-state index contributed by atoms with van der Waals surface area (Å²) in [5, 5.41) is 4.65. The molecule has 0 saturated heterocycles. The topological polar surface area (TPSA) is 50.7 Å². The number of para-hydroxylation sites is 1. The van der Waals surface area contributed by atoms with E-state index in [4.69, 9.17) is 4.98 Å². The van der Waals surface area contributed by atoms with Crippen molar-refractivity contribution in [1.29, 1.82) is 0 Å². The first-order valence-corrected chi connectivity index (χ1v) is 7.20. The van der Waals surface area contributed by atoms with Gasteiger partial charge in [0, 0.05) is 41.5 Å². The molecule has 0 aliphatic rings. The van der Waals surface area contributed by atoms with Crippen LogP contribution >= 0.6 is 0 Å². The SMILES string of the molecule is CCNC(Cc1ccc2ccccc2n1)c1cncnc1. The van der Waals surface area contributed by atoms with Gasteiger partial charge in [-0.15, -0.1) is 0 Å². The highest BCUT2D eigenvalue weighted by atomic mass is 14.9. The molecule has 21 heavy (non-hydrogen) atoms. The molecule has 0 aliphatic carbocycles. The van der Waals surface area contributed by atoms with Crippen LogP contribution in [0.2, 0.25) is 0 Å². The fourth-order valence-corrected chi connectivity index (χ4v) is 2.48. The van der Waals surface area contributed by atoms with Crippen molar-refractivity contribution in [2.75, 3.05) is 6.54 Å². The third-order valence-electron chi connectivity index (χ3n) is 3.50. The fraction of sp³-hybridized carbons (Fsp3) is 0.235. The summed E-state index contributed by atoms with van der Waals surface area (Å²) in [6, 6.07) is 12.6. The summed E-state index contributed by atoms with van der Waals surface area (Å²) in [7, 11) is 0. The number of rotatable bonds is 5. The Bertz CT molecular complexity index is 712. The molecular weight excluding hydrogens is 260 g/mol. The van der Waals surface area contributed by atoms with Gasteiger partial charge in [0.1, 0.15) is 6.33 Å². The van der Waals surface area contributed by atoms with E-state index in [0.717, 1.165) is 29.7 Å². The summed E-state index contributed by atoms with van der Waals surface area (Å²) >= 11 is 0. The average molecular weight is 278 g/mol. The Morgan fingerprint density at radius 3 is 2.67 bits per heavy atom. The largest absolute Gasteiger partial charge is 0.310 e. The molecule has 1 unspecified atom stereocenters. The van der Waals surface area contributed by atoms with Crippen LogP contribution in [0.3, 0.4) is 0 Å². The molecule has 1 atom stereocenters. The van der Waals surface area contributed by atoms with E-state index in [1.54, 1.807) is 6.33 Å². The lowest BCUT2D eigenvalue weighted by atomic mass is 10.0. The second-order valence-corrected chi connectivity index (χ2v) is 4.98. The van der Waals surface area contributed by atoms with Gasteiger partial charge >= 0.3 is 0 Å². The minimum absolute atomic E-state index is 0.185. The first-order chi connectivity index (χ1) is 10.4. The Hall–Kier alpha value is -2.33. The predicted molar refractivity (Wildman–Crippen MR) is 83.9 cm³/mol. The zero-order valence-corrected chi connectivity index (χ0v) is 12.0. The van der Waals surface area contributed by atoms with Gasteiger partial charge in [-0.3, -0.25) is 4.98 Å². The van der Waals surface area contributed by atoms with Gasteiger partial charge in [0.15, 0.2) is 0 Å². The summed E-state index contributed by atoms with van der Waals surface area (Å²) in [6.45, 7) is 3.00. The van der Waals surface area contributed by atoms with Crippen LogP contribution in [-0.4, -0.2) is 21.5 Å². The van der Waals surface area contributed by atoms with E-state index in [1.165, 1.54) is 5.39 Å². The zero-order valence-electron chi connectivity index (χ0n) is 12.0. The van der Waals surface area contributed by atoms with Crippen LogP contribution in [0.5, 0.6) is 0 Å². The summed E-state index contributed by atoms with van der Waals surface area (Å²) < 4.78 is 0. The second-order valence-electron chi connectivity index (χ2n) is 4.98. The number of hydrogen-bond acceptors (Lipinski definition) is 4. The van der Waals surface area contributed by atoms with Crippen molar-refractivity contribution < 1.29 is 0 Å². The number of nitrogens with zero attached hydrogens (tertiary/aromatic N) is 3. The van der Waals surface area contributed by atoms with Crippen LogP contribution in [0.25, 0.3) is 10.9 Å². The maximum Gasteiger partial charge on any atom is 0.115 e. The van der Waals surface area contributed by atoms with Crippen LogP contribution in [-0.2, 0) is 6.42 Å². The maximum absolute atomic E-state index is 4.74. The maximum atomic E-state index is 4.74. The number of aromatic nitrogens is 3. The Morgan fingerprint density at radius 2 is 1.86 bits per heavy atom. The van der Waals surface area contributed by atoms with E-state index < -0.39 is 0 Å². The first kappa shape index (κ1) is 13.6. The summed E-state index contributed by atoms with van der Waals surface area (Å²) in [5.74, 6) is 0. The molecule has 0 amide bonds. The smallest absolute Gasteiger partial charge is 0.115 e. The molecule has 0 saturated carbocycles. The number of benzene rings is 1. The fourth-order valence-electron chi connectivity index (χ4n) is 2.48. The molecule has 3 aromatic rings. The molecule has 0 fully saturated rings. The van der Waals surface area contributed by atoms with Gasteiger partial charge < -0.3 is 5.32 Å². The number of hydrogen-bond donors (Lipinski definition) is 1. The summed E-state index contributed by atoms with van der Waals surface area (Å²) in [4.78, 5) is 13.0. The van der Waals surface area contributed by atoms with Gasteiger partial charge in [-0.2, -0.15) is 0 Å². The van der Waals surface area contributed by atoms with E-state index in [9.17, 15) is 0 Å². The van der Waals surface area contributed by atoms with Crippen molar-refractivity contribution in [3.8, 4) is 0 Å². The zero-order chi connectivity index (χ0) is 14.5. The monoisotopic (exact) mass is 278 g/mol. The molecule has 3 rings (SSSR count). The highest BCUT2D eigenvalue weighted by molar-refractivity contribution is 5.78. The number of likely N-dealkylation sites (N-methyl/N-ethyl adjacent to an activating group) is 1. The molecule has 1 aromatic carbocycles. The van der Waals surface area contributed by atoms with Gasteiger partial charge in [-0.1, -0.05) is 31.2 Å². The average Bonchev–Trinajstić information content (AvgIpc) is 2.55. The molecule has 2 heterocycles. The number of fused-ring (bicyclic) bond motifs is 1. The van der Waals surface area contributed by atoms with Crippen LogP contribution < -0.4 is 5.32 Å². The second kappa shape index (κ2) is 6.41. The van der Waals surface area contributed by atoms with Crippen LogP contribution in [0.15, 0.2) is 55.1 Å². The minimum Gasteiger partial charge on any atom is -0.310 e. The highest BCUT2D eigenvalue weighted by Crippen LogP contribution is 2.18. The molecule has 0 bridgehead atoms. The Morgan fingerprint density at radius 1 is 1.05 bits per heavy atom. The van der Waals surface area contributed by atoms with Crippen molar-refractivity contribution in [1.82, 2.24) is 20.3 Å². The van der Waals surface area contributed by atoms with E-state index >= 15 is 0 Å². The summed E-state index contributed by atoms with van der Waals surface area (Å²) in [5.41, 5.74) is 3.20. The van der Waals surface area contributed by atoms with E-state index in [0.29, 0.717) is 0 Å². The third-order valence-corrected chi connectivity index (χ3v) is 3.50. The third kappa shape index (κ3) is 3.23. The minimum atomic E-state index is 0.185. The van der Waals surface area contributed by atoms with Crippen LogP contribution in [0.4, 0.5) is 0 Å². The van der Waals surface area contributed by atoms with E-state index in [-0.39, 0.29) is 6.04 Å². The lowest BCUT2D eigenvalue weighted by Crippen LogP contribution is -2.23. The van der Waals surface area contributed by atoms with Crippen molar-refractivity contribution >= 4 is 10.9 Å². The van der Waals surface area contributed by atoms with Crippen molar-refractivity contribution in [2.45, 2.75) is 19.4 Å². The molecule has 0 radical (unpaired) electrons. The molecule has 0 aliphatic heterocycles. The lowest BCUT2D eigenvalue weighted by molar-refractivity contribution is 0.541. The molecule has 2 aromatic heterocycles. The number of pyridine rings is 1. The highest BCUT2D eigenvalue weighted by Gasteiger charge is 2.12. The van der Waals surface area contributed by atoms with Crippen LogP contribution in [0, 0.1) is 0 Å². The van der Waals surface area contributed by atoms with Gasteiger partial charge in [0.2, 0.25) is 0 Å². The Balaban J connectivity index is 1.87. The summed E-state index contributed by atoms with van der Waals surface area (Å²) in [6.07, 6.45) is 6.11. The van der Waals surface area contributed by atoms with Gasteiger partial charge in [-0.05, 0) is 18.7 Å². The van der Waals surface area contributed by atoms with Crippen molar-refractivity contribution in [3.63, 3.8) is 0 Å². The molecule has 106 valence electrons. The normalized spacial score (nSPS) is 12.4. The number of nitrogens with one attached hydrogen (secondary N) is 1. The molecule has 4 nitrogen and oxygen atoms in total. The van der Waals surface area contributed by atoms with Crippen LogP contribution in [0.1, 0.15) is 24.2 Å². The quantitative estimate of drug-likeness (QED) is 0.779. The van der Waals surface area contributed by atoms with E-state index in [1.807, 2.05) is 30.6 Å². The molecule has 0 spiro atoms. The first-order valence-electron chi connectivity index (χ1n) is 7.20. The molecular formula is C17H18N4. The van der Waals surface area contributed by atoms with Gasteiger partial charge in [-0.25, -0.2) is 9.97 Å². The van der Waals surface area contributed by atoms with Crippen molar-refractivity contribution in [2.24, 2.45) is 0 Å². The van der Waals surface area contributed by atoms with Gasteiger partial charge in [0.25, 0.3) is 0 Å².